The Morgan fingerprint density at radius 2 is 2.00 bits per heavy atom. The summed E-state index contributed by atoms with van der Waals surface area (Å²) in [5.41, 5.74) is 1.42. The number of methoxy groups -OCH3 is 1. The number of nitrogens with one attached hydrogen (secondary N) is 1. The SMILES string of the molecule is COc1ccccc1NC(=O)C(C)S(=O)(=O)Cc1c(C)noc1C. The lowest BCUT2D eigenvalue weighted by atomic mass is 10.2. The first-order chi connectivity index (χ1) is 11.3. The van der Waals surface area contributed by atoms with Crippen LogP contribution in [0.1, 0.15) is 23.9 Å². The summed E-state index contributed by atoms with van der Waals surface area (Å²) < 4.78 is 35.2. The highest BCUT2D eigenvalue weighted by Crippen LogP contribution is 2.24. The molecule has 0 aliphatic heterocycles. The normalized spacial score (nSPS) is 12.7. The molecule has 0 fully saturated rings. The molecule has 1 aromatic heterocycles. The van der Waals surface area contributed by atoms with Crippen molar-refractivity contribution in [3.05, 3.63) is 41.3 Å². The van der Waals surface area contributed by atoms with Gasteiger partial charge >= 0.3 is 0 Å². The molecule has 0 aliphatic rings. The first-order valence-corrected chi connectivity index (χ1v) is 9.05. The Bertz CT molecular complexity index is 822. The molecule has 0 saturated carbocycles. The maximum Gasteiger partial charge on any atom is 0.242 e. The number of carbonyl (C=O) groups is 1. The number of aromatic nitrogens is 1. The first kappa shape index (κ1) is 18.0. The third-order valence-electron chi connectivity index (χ3n) is 3.80. The zero-order valence-electron chi connectivity index (χ0n) is 14.0. The van der Waals surface area contributed by atoms with Gasteiger partial charge in [-0.05, 0) is 32.9 Å². The standard InChI is InChI=1S/C16H20N2O5S/c1-10-13(11(2)23-18-10)9-24(20,21)12(3)16(19)17-14-7-5-6-8-15(14)22-4/h5-8,12H,9H2,1-4H3,(H,17,19). The Morgan fingerprint density at radius 1 is 1.33 bits per heavy atom. The number of amides is 1. The molecule has 0 spiro atoms. The fraction of sp³-hybridized carbons (Fsp3) is 0.375. The molecule has 24 heavy (non-hydrogen) atoms. The molecule has 8 heteroatoms. The van der Waals surface area contributed by atoms with E-state index in [9.17, 15) is 13.2 Å². The van der Waals surface area contributed by atoms with E-state index in [0.29, 0.717) is 28.5 Å². The van der Waals surface area contributed by atoms with Gasteiger partial charge in [0.2, 0.25) is 5.91 Å². The molecule has 0 radical (unpaired) electrons. The van der Waals surface area contributed by atoms with Crippen molar-refractivity contribution in [2.45, 2.75) is 31.8 Å². The van der Waals surface area contributed by atoms with Gasteiger partial charge in [0.05, 0.1) is 24.2 Å². The van der Waals surface area contributed by atoms with E-state index in [1.54, 1.807) is 38.1 Å². The van der Waals surface area contributed by atoms with Gasteiger partial charge in [-0.25, -0.2) is 8.42 Å². The lowest BCUT2D eigenvalue weighted by Crippen LogP contribution is -2.33. The topological polar surface area (TPSA) is 98.5 Å². The molecule has 1 N–H and O–H groups in total. The van der Waals surface area contributed by atoms with Crippen LogP contribution < -0.4 is 10.1 Å². The highest BCUT2D eigenvalue weighted by molar-refractivity contribution is 7.92. The van der Waals surface area contributed by atoms with E-state index in [2.05, 4.69) is 10.5 Å². The number of para-hydroxylation sites is 2. The second-order valence-corrected chi connectivity index (χ2v) is 7.76. The maximum atomic E-state index is 12.5. The minimum Gasteiger partial charge on any atom is -0.495 e. The summed E-state index contributed by atoms with van der Waals surface area (Å²) in [6, 6.07) is 6.80. The second kappa shape index (κ2) is 7.04. The molecule has 2 rings (SSSR count). The Hall–Kier alpha value is -2.35. The van der Waals surface area contributed by atoms with E-state index in [4.69, 9.17) is 9.26 Å². The van der Waals surface area contributed by atoms with E-state index >= 15 is 0 Å². The lowest BCUT2D eigenvalue weighted by Gasteiger charge is -2.15. The Kier molecular flexibility index (Phi) is 5.28. The van der Waals surface area contributed by atoms with Crippen LogP contribution in [0.25, 0.3) is 0 Å². The van der Waals surface area contributed by atoms with Crippen LogP contribution in [0, 0.1) is 13.8 Å². The Balaban J connectivity index is 2.17. The lowest BCUT2D eigenvalue weighted by molar-refractivity contribution is -0.115. The van der Waals surface area contributed by atoms with Crippen molar-refractivity contribution in [2.24, 2.45) is 0 Å². The van der Waals surface area contributed by atoms with Crippen LogP contribution in [0.5, 0.6) is 5.75 Å². The summed E-state index contributed by atoms with van der Waals surface area (Å²) >= 11 is 0. The number of hydrogen-bond acceptors (Lipinski definition) is 6. The van der Waals surface area contributed by atoms with Gasteiger partial charge in [-0.3, -0.25) is 4.79 Å². The van der Waals surface area contributed by atoms with Crippen LogP contribution in [-0.4, -0.2) is 31.8 Å². The number of anilines is 1. The van der Waals surface area contributed by atoms with Gasteiger partial charge in [-0.2, -0.15) is 0 Å². The van der Waals surface area contributed by atoms with E-state index in [-0.39, 0.29) is 5.75 Å². The molecule has 130 valence electrons. The van der Waals surface area contributed by atoms with E-state index in [0.717, 1.165) is 0 Å². The van der Waals surface area contributed by atoms with Crippen molar-refractivity contribution in [2.75, 3.05) is 12.4 Å². The number of aryl methyl sites for hydroxylation is 2. The average Bonchev–Trinajstić information content (AvgIpc) is 2.86. The predicted molar refractivity (Wildman–Crippen MR) is 89.7 cm³/mol. The van der Waals surface area contributed by atoms with Crippen LogP contribution in [0.2, 0.25) is 0 Å². The molecular formula is C16H20N2O5S. The highest BCUT2D eigenvalue weighted by Gasteiger charge is 2.30. The predicted octanol–water partition coefficient (Wildman–Crippen LogP) is 2.24. The molecule has 0 saturated heterocycles. The molecule has 1 atom stereocenters. The third-order valence-corrected chi connectivity index (χ3v) is 5.78. The van der Waals surface area contributed by atoms with Crippen molar-refractivity contribution < 1.29 is 22.5 Å². The van der Waals surface area contributed by atoms with Gasteiger partial charge in [0.15, 0.2) is 9.84 Å². The van der Waals surface area contributed by atoms with Gasteiger partial charge in [0.25, 0.3) is 0 Å². The van der Waals surface area contributed by atoms with Crippen molar-refractivity contribution in [1.82, 2.24) is 5.16 Å². The second-order valence-electron chi connectivity index (χ2n) is 5.44. The van der Waals surface area contributed by atoms with Gasteiger partial charge in [-0.1, -0.05) is 17.3 Å². The largest absolute Gasteiger partial charge is 0.495 e. The number of ether oxygens (including phenoxy) is 1. The summed E-state index contributed by atoms with van der Waals surface area (Å²) in [6.45, 7) is 4.67. The first-order valence-electron chi connectivity index (χ1n) is 7.33. The third kappa shape index (κ3) is 3.76. The van der Waals surface area contributed by atoms with Gasteiger partial charge in [-0.15, -0.1) is 0 Å². The fourth-order valence-corrected chi connectivity index (χ4v) is 3.63. The van der Waals surface area contributed by atoms with E-state index < -0.39 is 21.0 Å². The molecular weight excluding hydrogens is 332 g/mol. The summed E-state index contributed by atoms with van der Waals surface area (Å²) in [5.74, 6) is -0.0184. The Labute approximate surface area is 140 Å². The molecule has 0 bridgehead atoms. The molecule has 0 aliphatic carbocycles. The monoisotopic (exact) mass is 352 g/mol. The zero-order valence-corrected chi connectivity index (χ0v) is 14.8. The molecule has 2 aromatic rings. The van der Waals surface area contributed by atoms with Crippen molar-refractivity contribution in [1.29, 1.82) is 0 Å². The summed E-state index contributed by atoms with van der Waals surface area (Å²) in [4.78, 5) is 12.3. The van der Waals surface area contributed by atoms with Gasteiger partial charge < -0.3 is 14.6 Å². The fourth-order valence-electron chi connectivity index (χ4n) is 2.18. The van der Waals surface area contributed by atoms with Gasteiger partial charge in [0, 0.05) is 5.56 Å². The summed E-state index contributed by atoms with van der Waals surface area (Å²) in [5, 5.41) is 5.11. The van der Waals surface area contributed by atoms with Crippen molar-refractivity contribution in [3.63, 3.8) is 0 Å². The molecule has 1 heterocycles. The van der Waals surface area contributed by atoms with Crippen molar-refractivity contribution in [3.8, 4) is 5.75 Å². The Morgan fingerprint density at radius 3 is 2.58 bits per heavy atom. The minimum absolute atomic E-state index is 0.297. The maximum absolute atomic E-state index is 12.5. The number of carbonyl (C=O) groups excluding carboxylic acids is 1. The van der Waals surface area contributed by atoms with Gasteiger partial charge in [0.1, 0.15) is 16.8 Å². The van der Waals surface area contributed by atoms with E-state index in [1.807, 2.05) is 0 Å². The molecule has 1 unspecified atom stereocenters. The minimum atomic E-state index is -3.72. The number of nitrogens with zero attached hydrogens (tertiary/aromatic N) is 1. The summed E-state index contributed by atoms with van der Waals surface area (Å²) in [6.07, 6.45) is 0. The summed E-state index contributed by atoms with van der Waals surface area (Å²) in [7, 11) is -2.25. The van der Waals surface area contributed by atoms with Crippen LogP contribution >= 0.6 is 0 Å². The number of hydrogen-bond donors (Lipinski definition) is 1. The zero-order chi connectivity index (χ0) is 17.9. The van der Waals surface area contributed by atoms with Crippen molar-refractivity contribution >= 4 is 21.4 Å². The van der Waals surface area contributed by atoms with Crippen LogP contribution in [0.4, 0.5) is 5.69 Å². The number of rotatable bonds is 6. The highest BCUT2D eigenvalue weighted by atomic mass is 32.2. The quantitative estimate of drug-likeness (QED) is 0.856. The molecule has 1 aromatic carbocycles. The number of sulfone groups is 1. The molecule has 7 nitrogen and oxygen atoms in total. The average molecular weight is 352 g/mol. The smallest absolute Gasteiger partial charge is 0.242 e. The van der Waals surface area contributed by atoms with Crippen LogP contribution in [-0.2, 0) is 20.4 Å². The van der Waals surface area contributed by atoms with E-state index in [1.165, 1.54) is 14.0 Å². The van der Waals surface area contributed by atoms with Crippen LogP contribution in [0.3, 0.4) is 0 Å². The molecule has 1 amide bonds. The number of benzene rings is 1. The van der Waals surface area contributed by atoms with Crippen LogP contribution in [0.15, 0.2) is 28.8 Å².